The van der Waals surface area contributed by atoms with Gasteiger partial charge in [-0.2, -0.15) is 0 Å². The van der Waals surface area contributed by atoms with Gasteiger partial charge in [0.2, 0.25) is 10.0 Å². The number of carbonyl (C=O) groups is 1. The van der Waals surface area contributed by atoms with E-state index in [1.165, 1.54) is 11.1 Å². The molecule has 2 fully saturated rings. The van der Waals surface area contributed by atoms with Crippen molar-refractivity contribution in [1.82, 2.24) is 9.62 Å². The second-order valence-electron chi connectivity index (χ2n) is 17.0. The van der Waals surface area contributed by atoms with Crippen LogP contribution in [0.5, 0.6) is 5.75 Å². The van der Waals surface area contributed by atoms with Crippen LogP contribution in [-0.2, 0) is 36.1 Å². The quantitative estimate of drug-likeness (QED) is 0.368. The van der Waals surface area contributed by atoms with Crippen molar-refractivity contribution in [1.29, 1.82) is 0 Å². The smallest absolute Gasteiger partial charge is 0.264 e. The number of hydrogen-bond donors (Lipinski definition) is 1. The number of nitrogens with one attached hydrogen (secondary N) is 1. The molecule has 1 saturated carbocycles. The molecule has 1 saturated heterocycles. The van der Waals surface area contributed by atoms with Gasteiger partial charge in [0.15, 0.2) is 6.29 Å². The Bertz CT molecular complexity index is 1750. The Morgan fingerprint density at radius 2 is 1.83 bits per heavy atom. The predicted octanol–water partition coefficient (Wildman–Crippen LogP) is 6.43. The molecule has 12 heteroatoms. The first-order chi connectivity index (χ1) is 25.3. The fourth-order valence-corrected chi connectivity index (χ4v) is 11.4. The number of hydrogen-bond acceptors (Lipinski definition) is 9. The third-order valence-corrected chi connectivity index (χ3v) is 15.7. The molecule has 2 aromatic carbocycles. The molecular formula is C41H58ClN3O7S. The van der Waals surface area contributed by atoms with Crippen LogP contribution in [0.25, 0.3) is 0 Å². The Labute approximate surface area is 321 Å². The van der Waals surface area contributed by atoms with Crippen molar-refractivity contribution in [2.24, 2.45) is 23.2 Å². The number of rotatable bonds is 5. The van der Waals surface area contributed by atoms with Gasteiger partial charge in [-0.05, 0) is 118 Å². The second-order valence-corrected chi connectivity index (χ2v) is 19.5. The summed E-state index contributed by atoms with van der Waals surface area (Å²) in [5.41, 5.74) is 3.36. The molecule has 6 atom stereocenters. The van der Waals surface area contributed by atoms with E-state index in [-0.39, 0.29) is 35.0 Å². The van der Waals surface area contributed by atoms with Crippen molar-refractivity contribution in [3.05, 3.63) is 58.1 Å². The number of amides is 1. The van der Waals surface area contributed by atoms with E-state index in [0.717, 1.165) is 75.2 Å². The number of carbonyl (C=O) groups excluding carboxylic acids is 1. The highest BCUT2D eigenvalue weighted by Gasteiger charge is 2.52. The van der Waals surface area contributed by atoms with Gasteiger partial charge in [-0.1, -0.05) is 37.9 Å². The Hall–Kier alpha value is -2.41. The average Bonchev–Trinajstić information content (AvgIpc) is 3.28. The Morgan fingerprint density at radius 3 is 2.57 bits per heavy atom. The average molecular weight is 772 g/mol. The number of methoxy groups -OCH3 is 1. The fourth-order valence-electron chi connectivity index (χ4n) is 9.85. The zero-order chi connectivity index (χ0) is 37.5. The van der Waals surface area contributed by atoms with Gasteiger partial charge in [-0.3, -0.25) is 9.69 Å². The van der Waals surface area contributed by atoms with Crippen LogP contribution in [0.15, 0.2) is 36.4 Å². The lowest BCUT2D eigenvalue weighted by Crippen LogP contribution is -2.56. The first kappa shape index (κ1) is 38.8. The number of likely N-dealkylation sites (N-methyl/N-ethyl adjacent to an activating group) is 1. The summed E-state index contributed by atoms with van der Waals surface area (Å²) < 4.78 is 54.8. The van der Waals surface area contributed by atoms with Crippen LogP contribution >= 0.6 is 11.6 Å². The van der Waals surface area contributed by atoms with E-state index in [4.69, 9.17) is 30.5 Å². The number of nitrogens with zero attached hydrogens (tertiary/aromatic N) is 2. The molecular weight excluding hydrogens is 714 g/mol. The molecule has 1 N–H and O–H groups in total. The number of anilines is 1. The van der Waals surface area contributed by atoms with Gasteiger partial charge >= 0.3 is 0 Å². The van der Waals surface area contributed by atoms with Gasteiger partial charge in [0, 0.05) is 48.7 Å². The summed E-state index contributed by atoms with van der Waals surface area (Å²) in [4.78, 5) is 18.4. The zero-order valence-corrected chi connectivity index (χ0v) is 33.6. The molecule has 5 aliphatic rings. The van der Waals surface area contributed by atoms with Crippen LogP contribution in [0.4, 0.5) is 5.69 Å². The molecule has 53 heavy (non-hydrogen) atoms. The van der Waals surface area contributed by atoms with Crippen LogP contribution in [0.3, 0.4) is 0 Å². The fraction of sp³-hybridized carbons (Fsp3) is 0.683. The van der Waals surface area contributed by atoms with Crippen LogP contribution in [0, 0.1) is 23.2 Å². The lowest BCUT2D eigenvalue weighted by atomic mass is 9.55. The molecule has 2 aromatic rings. The second kappa shape index (κ2) is 15.6. The highest BCUT2D eigenvalue weighted by atomic mass is 35.5. The van der Waals surface area contributed by atoms with Crippen molar-refractivity contribution in [3.8, 4) is 5.75 Å². The maximum Gasteiger partial charge on any atom is 0.264 e. The Morgan fingerprint density at radius 1 is 1.04 bits per heavy atom. The molecule has 3 aliphatic heterocycles. The van der Waals surface area contributed by atoms with Gasteiger partial charge in [0.25, 0.3) is 5.91 Å². The highest BCUT2D eigenvalue weighted by Crippen LogP contribution is 2.55. The van der Waals surface area contributed by atoms with Crippen LogP contribution in [-0.4, -0.2) is 97.0 Å². The molecule has 10 nitrogen and oxygen atoms in total. The minimum absolute atomic E-state index is 0.0542. The van der Waals surface area contributed by atoms with Gasteiger partial charge in [-0.25, -0.2) is 13.1 Å². The molecule has 292 valence electrons. The number of benzene rings is 2. The van der Waals surface area contributed by atoms with E-state index in [9.17, 15) is 13.2 Å². The topological polar surface area (TPSA) is 107 Å². The number of fused-ring (bicyclic) bond motifs is 4. The van der Waals surface area contributed by atoms with Gasteiger partial charge in [0.1, 0.15) is 5.75 Å². The summed E-state index contributed by atoms with van der Waals surface area (Å²) in [5.74, 6) is 0.456. The van der Waals surface area contributed by atoms with Crippen molar-refractivity contribution in [3.63, 3.8) is 0 Å². The number of aryl methyl sites for hydroxylation is 1. The van der Waals surface area contributed by atoms with Gasteiger partial charge in [0.05, 0.1) is 43.4 Å². The summed E-state index contributed by atoms with van der Waals surface area (Å²) in [6.07, 6.45) is 7.24. The van der Waals surface area contributed by atoms with Crippen LogP contribution < -0.4 is 14.4 Å². The summed E-state index contributed by atoms with van der Waals surface area (Å²) in [6.45, 7) is 10.7. The van der Waals surface area contributed by atoms with Crippen molar-refractivity contribution < 1.29 is 32.2 Å². The van der Waals surface area contributed by atoms with Gasteiger partial charge in [-0.15, -0.1) is 0 Å². The molecule has 0 radical (unpaired) electrons. The third-order valence-electron chi connectivity index (χ3n) is 13.5. The van der Waals surface area contributed by atoms with Crippen LogP contribution in [0.2, 0.25) is 5.02 Å². The summed E-state index contributed by atoms with van der Waals surface area (Å²) >= 11 is 6.50. The lowest BCUT2D eigenvalue weighted by Gasteiger charge is -2.55. The van der Waals surface area contributed by atoms with E-state index < -0.39 is 21.2 Å². The highest BCUT2D eigenvalue weighted by molar-refractivity contribution is 7.90. The van der Waals surface area contributed by atoms with E-state index in [1.54, 1.807) is 20.1 Å². The van der Waals surface area contributed by atoms with E-state index in [0.29, 0.717) is 50.2 Å². The monoisotopic (exact) mass is 771 g/mol. The Kier molecular flexibility index (Phi) is 11.4. The predicted molar refractivity (Wildman–Crippen MR) is 207 cm³/mol. The summed E-state index contributed by atoms with van der Waals surface area (Å²) in [7, 11) is -0.120. The van der Waals surface area contributed by atoms with E-state index in [2.05, 4.69) is 40.6 Å². The normalized spacial score (nSPS) is 34.6. The van der Waals surface area contributed by atoms with E-state index >= 15 is 0 Å². The molecule has 2 aliphatic carbocycles. The van der Waals surface area contributed by atoms with Crippen molar-refractivity contribution >= 4 is 33.2 Å². The van der Waals surface area contributed by atoms with Crippen molar-refractivity contribution in [2.45, 2.75) is 95.1 Å². The lowest BCUT2D eigenvalue weighted by molar-refractivity contribution is -0.248. The maximum atomic E-state index is 13.7. The largest absolute Gasteiger partial charge is 0.490 e. The number of halogens is 1. The number of ether oxygens (including phenoxy) is 4. The van der Waals surface area contributed by atoms with Gasteiger partial charge < -0.3 is 23.8 Å². The zero-order valence-electron chi connectivity index (χ0n) is 32.1. The number of sulfonamides is 1. The minimum atomic E-state index is -3.93. The molecule has 1 spiro atoms. The molecule has 1 amide bonds. The molecule has 3 heterocycles. The molecule has 0 aromatic heterocycles. The molecule has 7 rings (SSSR count). The third kappa shape index (κ3) is 7.85. The SMILES string of the molecule is COCCN(C)C1COC([C@@H]2CCC[C@H](C)[C@@H](C)S(=O)(=O)NC(=O)c3ccc4c(c3)N(CC3(C)CC[C@@H]23)C[C@@]2(CCCc3cc(Cl)ccc32)CO4)OC1. The molecule has 1 unspecified atom stereocenters. The van der Waals surface area contributed by atoms with Crippen molar-refractivity contribution in [2.75, 3.05) is 65.1 Å². The first-order valence-corrected chi connectivity index (χ1v) is 21.5. The summed E-state index contributed by atoms with van der Waals surface area (Å²) in [6, 6.07) is 11.8. The summed E-state index contributed by atoms with van der Waals surface area (Å²) in [5, 5.41) is 0.00616. The first-order valence-electron chi connectivity index (χ1n) is 19.6. The maximum absolute atomic E-state index is 13.7. The van der Waals surface area contributed by atoms with E-state index in [1.807, 2.05) is 25.1 Å². The standard InChI is InChI=1S/C41H58ClN3O7S/c1-27-8-6-10-33(39-50-22-32(23-51-39)44(4)18-19-49-5)35-15-17-40(35,3)24-45-25-41(16-7-9-29-20-31(42)12-13-34(29)41)26-52-37-14-11-30(21-36(37)45)38(46)43-53(47,48)28(27)2/h11-14,20-21,27-28,32-33,35,39H,6-10,15-19,22-26H2,1-5H3,(H,43,46)/t27-,28+,32?,33+,35-,39?,40?,41-/m0/s1. The van der Waals surface area contributed by atoms with Crippen LogP contribution in [0.1, 0.15) is 87.2 Å². The Balaban J connectivity index is 1.25. The molecule has 2 bridgehead atoms. The minimum Gasteiger partial charge on any atom is -0.490 e.